The number of β-amino-alcohol motifs (C(OH)–C–C–N with tert-alkyl or cyclic N) is 1. The molecule has 1 aliphatic rings. The van der Waals surface area contributed by atoms with Gasteiger partial charge in [0.2, 0.25) is 0 Å². The van der Waals surface area contributed by atoms with E-state index >= 15 is 0 Å². The van der Waals surface area contributed by atoms with Crippen molar-refractivity contribution in [3.05, 3.63) is 102 Å². The Morgan fingerprint density at radius 2 is 1.41 bits per heavy atom. The summed E-state index contributed by atoms with van der Waals surface area (Å²) in [7, 11) is 0. The summed E-state index contributed by atoms with van der Waals surface area (Å²) < 4.78 is 5.91. The van der Waals surface area contributed by atoms with Gasteiger partial charge in [-0.25, -0.2) is 4.98 Å². The predicted molar refractivity (Wildman–Crippen MR) is 134 cm³/mol. The van der Waals surface area contributed by atoms with Gasteiger partial charge in [-0.2, -0.15) is 0 Å². The van der Waals surface area contributed by atoms with Gasteiger partial charge in [0.05, 0.1) is 11.6 Å². The van der Waals surface area contributed by atoms with Crippen LogP contribution >= 0.6 is 0 Å². The molecule has 1 aliphatic heterocycles. The summed E-state index contributed by atoms with van der Waals surface area (Å²) in [6.45, 7) is 4.53. The molecule has 4 aromatic rings. The number of hydrogen-bond donors (Lipinski definition) is 1. The van der Waals surface area contributed by atoms with E-state index in [9.17, 15) is 5.11 Å². The summed E-state index contributed by atoms with van der Waals surface area (Å²) in [5.74, 6) is 0.656. The Balaban J connectivity index is 1.17. The van der Waals surface area contributed by atoms with Crippen molar-refractivity contribution in [1.29, 1.82) is 0 Å². The van der Waals surface area contributed by atoms with Crippen LogP contribution in [-0.2, 0) is 0 Å². The molecule has 0 amide bonds. The van der Waals surface area contributed by atoms with E-state index in [0.717, 1.165) is 37.2 Å². The minimum atomic E-state index is -0.572. The Kier molecular flexibility index (Phi) is 7.10. The number of aromatic nitrogens is 2. The van der Waals surface area contributed by atoms with Gasteiger partial charge in [0, 0.05) is 45.1 Å². The van der Waals surface area contributed by atoms with Crippen LogP contribution in [0.25, 0.3) is 11.0 Å². The highest BCUT2D eigenvalue weighted by molar-refractivity contribution is 5.80. The normalized spacial score (nSPS) is 16.1. The largest absolute Gasteiger partial charge is 0.488 e. The van der Waals surface area contributed by atoms with E-state index in [1.807, 2.05) is 18.2 Å². The van der Waals surface area contributed by atoms with E-state index in [2.05, 4.69) is 80.4 Å². The fourth-order valence-corrected chi connectivity index (χ4v) is 4.71. The quantitative estimate of drug-likeness (QED) is 0.437. The average molecular weight is 455 g/mol. The minimum absolute atomic E-state index is 0.229. The van der Waals surface area contributed by atoms with Crippen molar-refractivity contribution in [1.82, 2.24) is 19.8 Å². The van der Waals surface area contributed by atoms with Crippen LogP contribution in [0, 0.1) is 0 Å². The molecule has 0 aliphatic carbocycles. The van der Waals surface area contributed by atoms with E-state index in [0.29, 0.717) is 12.3 Å². The van der Waals surface area contributed by atoms with Crippen LogP contribution in [0.1, 0.15) is 17.2 Å². The van der Waals surface area contributed by atoms with Crippen LogP contribution in [0.5, 0.6) is 5.75 Å². The van der Waals surface area contributed by atoms with E-state index in [-0.39, 0.29) is 12.6 Å². The summed E-state index contributed by atoms with van der Waals surface area (Å²) in [6, 6.07) is 27.3. The Bertz CT molecular complexity index is 1140. The number of fused-ring (bicyclic) bond motifs is 1. The third-order valence-electron chi connectivity index (χ3n) is 6.36. The van der Waals surface area contributed by atoms with E-state index in [1.54, 1.807) is 12.4 Å². The monoisotopic (exact) mass is 454 g/mol. The highest BCUT2D eigenvalue weighted by atomic mass is 16.5. The minimum Gasteiger partial charge on any atom is -0.488 e. The molecule has 5 rings (SSSR count). The summed E-state index contributed by atoms with van der Waals surface area (Å²) in [5.41, 5.74) is 4.14. The number of aliphatic hydroxyl groups excluding tert-OH is 1. The van der Waals surface area contributed by atoms with Crippen molar-refractivity contribution in [2.75, 3.05) is 39.3 Å². The van der Waals surface area contributed by atoms with Crippen molar-refractivity contribution in [3.8, 4) is 5.75 Å². The lowest BCUT2D eigenvalue weighted by molar-refractivity contribution is 0.0403. The van der Waals surface area contributed by atoms with Gasteiger partial charge in [0.15, 0.2) is 0 Å². The number of nitrogens with zero attached hydrogens (tertiary/aromatic N) is 4. The molecule has 0 saturated carbocycles. The van der Waals surface area contributed by atoms with Gasteiger partial charge in [-0.15, -0.1) is 0 Å². The zero-order valence-electron chi connectivity index (χ0n) is 19.2. The maximum absolute atomic E-state index is 10.6. The topological polar surface area (TPSA) is 61.7 Å². The highest BCUT2D eigenvalue weighted by Crippen LogP contribution is 2.29. The summed E-state index contributed by atoms with van der Waals surface area (Å²) >= 11 is 0. The third-order valence-corrected chi connectivity index (χ3v) is 6.36. The molecule has 1 unspecified atom stereocenters. The van der Waals surface area contributed by atoms with Crippen molar-refractivity contribution >= 4 is 11.0 Å². The molecular formula is C28H30N4O2. The number of ether oxygens (including phenoxy) is 1. The van der Waals surface area contributed by atoms with Crippen LogP contribution in [0.2, 0.25) is 0 Å². The number of aliphatic hydroxyl groups is 1. The fourth-order valence-electron chi connectivity index (χ4n) is 4.71. The molecule has 6 nitrogen and oxygen atoms in total. The maximum Gasteiger partial charge on any atom is 0.147 e. The molecule has 0 bridgehead atoms. The Morgan fingerprint density at radius 3 is 2.09 bits per heavy atom. The molecule has 1 atom stereocenters. The lowest BCUT2D eigenvalue weighted by Crippen LogP contribution is -2.50. The fraction of sp³-hybridized carbons (Fsp3) is 0.286. The molecule has 1 N–H and O–H groups in total. The van der Waals surface area contributed by atoms with Gasteiger partial charge in [-0.1, -0.05) is 66.7 Å². The van der Waals surface area contributed by atoms with Crippen molar-refractivity contribution in [2.24, 2.45) is 0 Å². The highest BCUT2D eigenvalue weighted by Gasteiger charge is 2.27. The van der Waals surface area contributed by atoms with Gasteiger partial charge in [0.25, 0.3) is 0 Å². The second-order valence-corrected chi connectivity index (χ2v) is 8.71. The van der Waals surface area contributed by atoms with Crippen molar-refractivity contribution in [3.63, 3.8) is 0 Å². The molecule has 1 fully saturated rings. The second-order valence-electron chi connectivity index (χ2n) is 8.71. The average Bonchev–Trinajstić information content (AvgIpc) is 2.90. The van der Waals surface area contributed by atoms with Crippen LogP contribution in [0.15, 0.2) is 91.3 Å². The molecule has 3 aromatic carbocycles. The first-order valence-electron chi connectivity index (χ1n) is 11.8. The zero-order valence-corrected chi connectivity index (χ0v) is 19.2. The van der Waals surface area contributed by atoms with E-state index in [1.165, 1.54) is 11.1 Å². The van der Waals surface area contributed by atoms with Gasteiger partial charge in [-0.3, -0.25) is 14.8 Å². The zero-order chi connectivity index (χ0) is 23.2. The molecule has 0 radical (unpaired) electrons. The number of para-hydroxylation sites is 1. The first kappa shape index (κ1) is 22.5. The first-order chi connectivity index (χ1) is 16.8. The SMILES string of the molecule is OC(COc1cccc2nccnc12)CN1CCN(C(c2ccccc2)c2ccccc2)CC1. The lowest BCUT2D eigenvalue weighted by Gasteiger charge is -2.40. The predicted octanol–water partition coefficient (Wildman–Crippen LogP) is 3.78. The van der Waals surface area contributed by atoms with Crippen LogP contribution in [-0.4, -0.2) is 70.3 Å². The van der Waals surface area contributed by atoms with Crippen molar-refractivity contribution < 1.29 is 9.84 Å². The second kappa shape index (κ2) is 10.7. The molecule has 0 spiro atoms. The molecule has 34 heavy (non-hydrogen) atoms. The van der Waals surface area contributed by atoms with Gasteiger partial charge >= 0.3 is 0 Å². The van der Waals surface area contributed by atoms with Crippen LogP contribution in [0.3, 0.4) is 0 Å². The van der Waals surface area contributed by atoms with E-state index < -0.39 is 6.10 Å². The molecule has 2 heterocycles. The number of hydrogen-bond acceptors (Lipinski definition) is 6. The Labute approximate surface area is 200 Å². The summed E-state index contributed by atoms with van der Waals surface area (Å²) in [6.07, 6.45) is 2.75. The molecule has 1 saturated heterocycles. The maximum atomic E-state index is 10.6. The molecular weight excluding hydrogens is 424 g/mol. The Morgan fingerprint density at radius 1 is 0.765 bits per heavy atom. The van der Waals surface area contributed by atoms with Gasteiger partial charge in [-0.05, 0) is 23.3 Å². The summed E-state index contributed by atoms with van der Waals surface area (Å²) in [4.78, 5) is 13.5. The number of benzene rings is 3. The smallest absolute Gasteiger partial charge is 0.147 e. The van der Waals surface area contributed by atoms with Crippen molar-refractivity contribution in [2.45, 2.75) is 12.1 Å². The standard InChI is InChI=1S/C28H30N4O2/c33-24(21-34-26-13-7-12-25-27(26)30-15-14-29-25)20-31-16-18-32(19-17-31)28(22-8-3-1-4-9-22)23-10-5-2-6-11-23/h1-15,24,28,33H,16-21H2. The van der Waals surface area contributed by atoms with Crippen LogP contribution in [0.4, 0.5) is 0 Å². The third kappa shape index (κ3) is 5.25. The van der Waals surface area contributed by atoms with Crippen LogP contribution < -0.4 is 4.74 Å². The number of rotatable bonds is 8. The molecule has 1 aromatic heterocycles. The Hall–Kier alpha value is -3.32. The van der Waals surface area contributed by atoms with Gasteiger partial charge in [0.1, 0.15) is 24.0 Å². The van der Waals surface area contributed by atoms with Gasteiger partial charge < -0.3 is 9.84 Å². The first-order valence-corrected chi connectivity index (χ1v) is 11.8. The summed E-state index contributed by atoms with van der Waals surface area (Å²) in [5, 5.41) is 10.6. The lowest BCUT2D eigenvalue weighted by atomic mass is 9.96. The molecule has 174 valence electrons. The number of piperazine rings is 1. The molecule has 6 heteroatoms. The van der Waals surface area contributed by atoms with E-state index in [4.69, 9.17) is 4.74 Å².